The highest BCUT2D eigenvalue weighted by Crippen LogP contribution is 2.32. The third-order valence-electron chi connectivity index (χ3n) is 4.41. The van der Waals surface area contributed by atoms with Crippen LogP contribution in [-0.4, -0.2) is 36.4 Å². The van der Waals surface area contributed by atoms with Crippen molar-refractivity contribution in [2.75, 3.05) is 13.4 Å². The number of ether oxygens (including phenoxy) is 2. The van der Waals surface area contributed by atoms with Gasteiger partial charge < -0.3 is 25.2 Å². The fourth-order valence-corrected chi connectivity index (χ4v) is 2.75. The van der Waals surface area contributed by atoms with Crippen LogP contribution in [0.1, 0.15) is 24.0 Å². The lowest BCUT2D eigenvalue weighted by atomic mass is 10.00. The molecule has 1 aliphatic heterocycles. The average Bonchev–Trinajstić information content (AvgIpc) is 3.18. The van der Waals surface area contributed by atoms with Gasteiger partial charge in [-0.25, -0.2) is 0 Å². The largest absolute Gasteiger partial charge is 0.454 e. The van der Waals surface area contributed by atoms with Gasteiger partial charge in [0.2, 0.25) is 18.6 Å². The van der Waals surface area contributed by atoms with E-state index in [1.807, 2.05) is 36.4 Å². The zero-order chi connectivity index (χ0) is 19.2. The summed E-state index contributed by atoms with van der Waals surface area (Å²) in [5, 5.41) is 14.8. The molecule has 1 unspecified atom stereocenters. The second-order valence-corrected chi connectivity index (χ2v) is 6.28. The maximum absolute atomic E-state index is 12.4. The maximum atomic E-state index is 12.4. The highest BCUT2D eigenvalue weighted by molar-refractivity contribution is 5.90. The second kappa shape index (κ2) is 8.55. The Kier molecular flexibility index (Phi) is 5.93. The molecule has 7 nitrogen and oxygen atoms in total. The first kappa shape index (κ1) is 18.7. The molecule has 1 aliphatic rings. The van der Waals surface area contributed by atoms with E-state index >= 15 is 0 Å². The van der Waals surface area contributed by atoms with Crippen LogP contribution in [0.3, 0.4) is 0 Å². The number of benzene rings is 2. The minimum absolute atomic E-state index is 0.184. The molecular weight excluding hydrogens is 348 g/mol. The van der Waals surface area contributed by atoms with Crippen molar-refractivity contribution < 1.29 is 24.2 Å². The number of hydrogen-bond donors (Lipinski definition) is 3. The number of fused-ring (bicyclic) bond motifs is 1. The van der Waals surface area contributed by atoms with E-state index < -0.39 is 24.5 Å². The van der Waals surface area contributed by atoms with E-state index in [0.717, 1.165) is 11.1 Å². The van der Waals surface area contributed by atoms with Crippen molar-refractivity contribution in [1.82, 2.24) is 10.6 Å². The minimum atomic E-state index is -1.02. The van der Waals surface area contributed by atoms with Gasteiger partial charge in [0.15, 0.2) is 11.5 Å². The van der Waals surface area contributed by atoms with Gasteiger partial charge in [-0.3, -0.25) is 9.59 Å². The predicted molar refractivity (Wildman–Crippen MR) is 98.3 cm³/mol. The highest BCUT2D eigenvalue weighted by Gasteiger charge is 2.23. The van der Waals surface area contributed by atoms with Gasteiger partial charge >= 0.3 is 0 Å². The number of aliphatic hydroxyl groups is 1. The lowest BCUT2D eigenvalue weighted by Crippen LogP contribution is -2.49. The molecule has 0 aliphatic carbocycles. The van der Waals surface area contributed by atoms with Crippen molar-refractivity contribution in [1.29, 1.82) is 0 Å². The molecule has 2 aromatic carbocycles. The molecular formula is C20H22N2O5. The van der Waals surface area contributed by atoms with Crippen LogP contribution in [0.15, 0.2) is 48.5 Å². The second-order valence-electron chi connectivity index (χ2n) is 6.28. The van der Waals surface area contributed by atoms with Crippen LogP contribution in [0.5, 0.6) is 11.5 Å². The molecule has 3 rings (SSSR count). The van der Waals surface area contributed by atoms with E-state index in [9.17, 15) is 14.7 Å². The summed E-state index contributed by atoms with van der Waals surface area (Å²) in [6.07, 6.45) is 0. The van der Waals surface area contributed by atoms with Gasteiger partial charge in [-0.2, -0.15) is 0 Å². The van der Waals surface area contributed by atoms with Gasteiger partial charge in [0, 0.05) is 6.54 Å². The van der Waals surface area contributed by atoms with Crippen LogP contribution in [0.4, 0.5) is 0 Å². The lowest BCUT2D eigenvalue weighted by molar-refractivity contribution is -0.130. The predicted octanol–water partition coefficient (Wildman–Crippen LogP) is 1.31. The Morgan fingerprint density at radius 3 is 2.56 bits per heavy atom. The lowest BCUT2D eigenvalue weighted by Gasteiger charge is -2.19. The molecule has 1 heterocycles. The van der Waals surface area contributed by atoms with Crippen LogP contribution in [0.2, 0.25) is 0 Å². The van der Waals surface area contributed by atoms with Crippen molar-refractivity contribution in [3.63, 3.8) is 0 Å². The topological polar surface area (TPSA) is 96.9 Å². The maximum Gasteiger partial charge on any atom is 0.245 e. The third-order valence-corrected chi connectivity index (χ3v) is 4.41. The van der Waals surface area contributed by atoms with Gasteiger partial charge in [-0.15, -0.1) is 0 Å². The molecule has 0 saturated carbocycles. The number of aliphatic hydroxyl groups excluding tert-OH is 1. The van der Waals surface area contributed by atoms with E-state index in [1.54, 1.807) is 19.1 Å². The van der Waals surface area contributed by atoms with Crippen molar-refractivity contribution >= 4 is 11.8 Å². The zero-order valence-corrected chi connectivity index (χ0v) is 15.0. The smallest absolute Gasteiger partial charge is 0.245 e. The fraction of sp³-hybridized carbons (Fsp3) is 0.300. The summed E-state index contributed by atoms with van der Waals surface area (Å²) in [5.74, 6) is 0.0927. The number of carbonyl (C=O) groups excluding carboxylic acids is 2. The van der Waals surface area contributed by atoms with Crippen molar-refractivity contribution in [3.05, 3.63) is 59.7 Å². The monoisotopic (exact) mass is 370 g/mol. The Balaban J connectivity index is 1.55. The molecule has 2 amide bonds. The minimum Gasteiger partial charge on any atom is -0.454 e. The number of hydrogen-bond acceptors (Lipinski definition) is 5. The molecule has 3 N–H and O–H groups in total. The molecule has 27 heavy (non-hydrogen) atoms. The molecule has 0 aromatic heterocycles. The Morgan fingerprint density at radius 2 is 1.81 bits per heavy atom. The number of rotatable bonds is 7. The first-order valence-electron chi connectivity index (χ1n) is 8.71. The molecule has 0 spiro atoms. The van der Waals surface area contributed by atoms with E-state index in [2.05, 4.69) is 10.6 Å². The Bertz CT molecular complexity index is 809. The first-order chi connectivity index (χ1) is 13.1. The summed E-state index contributed by atoms with van der Waals surface area (Å²) in [6, 6.07) is 13.6. The van der Waals surface area contributed by atoms with Gasteiger partial charge in [0.1, 0.15) is 6.04 Å². The van der Waals surface area contributed by atoms with Crippen LogP contribution in [0.25, 0.3) is 0 Å². The van der Waals surface area contributed by atoms with E-state index in [4.69, 9.17) is 9.47 Å². The van der Waals surface area contributed by atoms with Gasteiger partial charge in [0.05, 0.1) is 12.5 Å². The SMILES string of the molecule is CC(C(=O)N[C@@H](CO)C(=O)NCc1ccc2c(c1)OCO2)c1ccccc1. The molecule has 0 radical (unpaired) electrons. The molecule has 0 bridgehead atoms. The average molecular weight is 370 g/mol. The van der Waals surface area contributed by atoms with E-state index in [-0.39, 0.29) is 19.2 Å². The highest BCUT2D eigenvalue weighted by atomic mass is 16.7. The van der Waals surface area contributed by atoms with E-state index in [0.29, 0.717) is 11.5 Å². The first-order valence-corrected chi connectivity index (χ1v) is 8.71. The summed E-state index contributed by atoms with van der Waals surface area (Å²) in [4.78, 5) is 24.7. The van der Waals surface area contributed by atoms with Crippen LogP contribution >= 0.6 is 0 Å². The summed E-state index contributed by atoms with van der Waals surface area (Å²) in [5.41, 5.74) is 1.67. The molecule has 2 aromatic rings. The van der Waals surface area contributed by atoms with Crippen molar-refractivity contribution in [2.24, 2.45) is 0 Å². The van der Waals surface area contributed by atoms with Crippen LogP contribution < -0.4 is 20.1 Å². The standard InChI is InChI=1S/C20H22N2O5/c1-13(15-5-3-2-4-6-15)19(24)22-16(11-23)20(25)21-10-14-7-8-17-18(9-14)27-12-26-17/h2-9,13,16,23H,10-12H2,1H3,(H,21,25)(H,22,24)/t13?,16-/m0/s1. The molecule has 2 atom stereocenters. The van der Waals surface area contributed by atoms with Crippen molar-refractivity contribution in [3.8, 4) is 11.5 Å². The quantitative estimate of drug-likeness (QED) is 0.683. The van der Waals surface area contributed by atoms with Gasteiger partial charge in [0.25, 0.3) is 0 Å². The molecule has 0 fully saturated rings. The molecule has 142 valence electrons. The van der Waals surface area contributed by atoms with Crippen LogP contribution in [0, 0.1) is 0 Å². The van der Waals surface area contributed by atoms with E-state index in [1.165, 1.54) is 0 Å². The fourth-order valence-electron chi connectivity index (χ4n) is 2.75. The number of amides is 2. The van der Waals surface area contributed by atoms with Crippen LogP contribution in [-0.2, 0) is 16.1 Å². The molecule has 7 heteroatoms. The van der Waals surface area contributed by atoms with Gasteiger partial charge in [-0.1, -0.05) is 36.4 Å². The Morgan fingerprint density at radius 1 is 1.07 bits per heavy atom. The third kappa shape index (κ3) is 4.57. The Hall–Kier alpha value is -3.06. The number of nitrogens with one attached hydrogen (secondary N) is 2. The van der Waals surface area contributed by atoms with Gasteiger partial charge in [-0.05, 0) is 30.2 Å². The number of carbonyl (C=O) groups is 2. The summed E-state index contributed by atoms with van der Waals surface area (Å²) in [6.45, 7) is 1.70. The summed E-state index contributed by atoms with van der Waals surface area (Å²) < 4.78 is 10.6. The Labute approximate surface area is 157 Å². The normalized spacial score (nSPS) is 14.3. The molecule has 0 saturated heterocycles. The summed E-state index contributed by atoms with van der Waals surface area (Å²) >= 11 is 0. The van der Waals surface area contributed by atoms with Crippen molar-refractivity contribution in [2.45, 2.75) is 25.4 Å². The summed E-state index contributed by atoms with van der Waals surface area (Å²) in [7, 11) is 0. The zero-order valence-electron chi connectivity index (χ0n) is 15.0.